The van der Waals surface area contributed by atoms with Crippen molar-refractivity contribution in [3.63, 3.8) is 0 Å². The Morgan fingerprint density at radius 3 is 2.07 bits per heavy atom. The van der Waals surface area contributed by atoms with E-state index in [-0.39, 0.29) is 0 Å². The van der Waals surface area contributed by atoms with Gasteiger partial charge in [0.15, 0.2) is 0 Å². The van der Waals surface area contributed by atoms with Gasteiger partial charge in [0.2, 0.25) is 0 Å². The first-order valence-corrected chi connectivity index (χ1v) is 6.13. The fourth-order valence-electron chi connectivity index (χ4n) is 3.27. The first-order valence-electron chi connectivity index (χ1n) is 6.13. The average Bonchev–Trinajstić information content (AvgIpc) is 2.46. The number of rotatable bonds is 3. The van der Waals surface area contributed by atoms with E-state index in [0.29, 0.717) is 16.9 Å². The van der Waals surface area contributed by atoms with Gasteiger partial charge in [0.1, 0.15) is 0 Å². The molecule has 1 aliphatic rings. The Kier molecular flexibility index (Phi) is 3.63. The lowest BCUT2D eigenvalue weighted by atomic mass is 9.69. The zero-order chi connectivity index (χ0) is 10.8. The van der Waals surface area contributed by atoms with Crippen LogP contribution in [0.15, 0.2) is 0 Å². The van der Waals surface area contributed by atoms with Crippen molar-refractivity contribution in [2.45, 2.75) is 66.3 Å². The van der Waals surface area contributed by atoms with Crippen LogP contribution in [0.5, 0.6) is 0 Å². The molecule has 0 spiro atoms. The second-order valence-corrected chi connectivity index (χ2v) is 6.22. The average molecular weight is 197 g/mol. The Morgan fingerprint density at radius 2 is 1.71 bits per heavy atom. The van der Waals surface area contributed by atoms with Gasteiger partial charge in [-0.05, 0) is 30.2 Å². The molecule has 0 aromatic rings. The molecule has 0 heterocycles. The highest BCUT2D eigenvalue weighted by molar-refractivity contribution is 4.97. The predicted octanol–water partition coefficient (Wildman–Crippen LogP) is 3.59. The molecule has 0 amide bonds. The highest BCUT2D eigenvalue weighted by Gasteiger charge is 2.42. The third kappa shape index (κ3) is 2.50. The zero-order valence-electron chi connectivity index (χ0n) is 10.6. The summed E-state index contributed by atoms with van der Waals surface area (Å²) in [7, 11) is 0. The Morgan fingerprint density at radius 1 is 1.21 bits per heavy atom. The molecule has 0 saturated heterocycles. The van der Waals surface area contributed by atoms with Crippen LogP contribution in [0.2, 0.25) is 0 Å². The smallest absolute Gasteiger partial charge is 0.0169 e. The van der Waals surface area contributed by atoms with Gasteiger partial charge in [0.05, 0.1) is 0 Å². The maximum Gasteiger partial charge on any atom is 0.0169 e. The molecular formula is C13H27N. The second-order valence-electron chi connectivity index (χ2n) is 6.22. The van der Waals surface area contributed by atoms with Crippen LogP contribution in [-0.4, -0.2) is 12.6 Å². The summed E-state index contributed by atoms with van der Waals surface area (Å²) in [5.74, 6) is 0. The van der Waals surface area contributed by atoms with Gasteiger partial charge in [-0.1, -0.05) is 47.5 Å². The molecule has 1 saturated carbocycles. The molecule has 0 bridgehead atoms. The number of nitrogens with one attached hydrogen (secondary N) is 1. The molecule has 1 heteroatoms. The maximum atomic E-state index is 3.70. The van der Waals surface area contributed by atoms with E-state index in [1.165, 1.54) is 25.7 Å². The molecule has 1 nitrogen and oxygen atoms in total. The van der Waals surface area contributed by atoms with Gasteiger partial charge in [-0.15, -0.1) is 0 Å². The molecule has 0 aromatic heterocycles. The molecule has 84 valence electrons. The van der Waals surface area contributed by atoms with Gasteiger partial charge in [0.25, 0.3) is 0 Å². The summed E-state index contributed by atoms with van der Waals surface area (Å²) >= 11 is 0. The highest BCUT2D eigenvalue weighted by Crippen LogP contribution is 2.45. The van der Waals surface area contributed by atoms with Crippen molar-refractivity contribution in [1.82, 2.24) is 5.32 Å². The van der Waals surface area contributed by atoms with Crippen molar-refractivity contribution in [3.8, 4) is 0 Å². The molecule has 1 unspecified atom stereocenters. The molecule has 1 fully saturated rings. The fraction of sp³-hybridized carbons (Fsp3) is 1.00. The van der Waals surface area contributed by atoms with Crippen LogP contribution >= 0.6 is 0 Å². The Bertz CT molecular complexity index is 172. The number of hydrogen-bond donors (Lipinski definition) is 1. The van der Waals surface area contributed by atoms with Crippen LogP contribution in [-0.2, 0) is 0 Å². The maximum absolute atomic E-state index is 3.70. The molecule has 1 atom stereocenters. The lowest BCUT2D eigenvalue weighted by Gasteiger charge is -2.43. The van der Waals surface area contributed by atoms with Crippen LogP contribution in [0.3, 0.4) is 0 Å². The largest absolute Gasteiger partial charge is 0.313 e. The summed E-state index contributed by atoms with van der Waals surface area (Å²) in [6.45, 7) is 12.9. The lowest BCUT2D eigenvalue weighted by molar-refractivity contribution is 0.115. The van der Waals surface area contributed by atoms with Gasteiger partial charge in [-0.2, -0.15) is 0 Å². The van der Waals surface area contributed by atoms with E-state index in [2.05, 4.69) is 39.9 Å². The fourth-order valence-corrected chi connectivity index (χ4v) is 3.27. The summed E-state index contributed by atoms with van der Waals surface area (Å²) in [5.41, 5.74) is 0.920. The minimum absolute atomic E-state index is 0.384. The summed E-state index contributed by atoms with van der Waals surface area (Å²) in [5, 5.41) is 3.70. The van der Waals surface area contributed by atoms with E-state index >= 15 is 0 Å². The van der Waals surface area contributed by atoms with E-state index in [1.54, 1.807) is 0 Å². The van der Waals surface area contributed by atoms with Crippen molar-refractivity contribution >= 4 is 0 Å². The van der Waals surface area contributed by atoms with Crippen molar-refractivity contribution in [3.05, 3.63) is 0 Å². The van der Waals surface area contributed by atoms with Crippen LogP contribution in [0.1, 0.15) is 60.3 Å². The van der Waals surface area contributed by atoms with Crippen LogP contribution in [0, 0.1) is 10.8 Å². The summed E-state index contributed by atoms with van der Waals surface area (Å²) in [6, 6.07) is 0.669. The highest BCUT2D eigenvalue weighted by atomic mass is 14.9. The van der Waals surface area contributed by atoms with E-state index in [1.807, 2.05) is 0 Å². The standard InChI is InChI=1S/C13H27N/c1-6-14-11(12(2,3)4)13(5)9-7-8-10-13/h11,14H,6-10H2,1-5H3. The molecule has 0 radical (unpaired) electrons. The third-order valence-corrected chi connectivity index (χ3v) is 3.72. The molecule has 1 N–H and O–H groups in total. The van der Waals surface area contributed by atoms with Crippen LogP contribution < -0.4 is 5.32 Å². The predicted molar refractivity (Wildman–Crippen MR) is 63.5 cm³/mol. The van der Waals surface area contributed by atoms with E-state index in [9.17, 15) is 0 Å². The lowest BCUT2D eigenvalue weighted by Crippen LogP contribution is -2.50. The Hall–Kier alpha value is -0.0400. The summed E-state index contributed by atoms with van der Waals surface area (Å²) in [4.78, 5) is 0. The Balaban J connectivity index is 2.75. The van der Waals surface area contributed by atoms with E-state index < -0.39 is 0 Å². The molecule has 1 rings (SSSR count). The van der Waals surface area contributed by atoms with E-state index in [4.69, 9.17) is 0 Å². The SMILES string of the molecule is CCNC(C(C)(C)C)C1(C)CCCC1. The summed E-state index contributed by atoms with van der Waals surface area (Å²) in [6.07, 6.45) is 5.66. The normalized spacial score (nSPS) is 23.8. The molecule has 0 aromatic carbocycles. The van der Waals surface area contributed by atoms with Crippen molar-refractivity contribution in [1.29, 1.82) is 0 Å². The van der Waals surface area contributed by atoms with E-state index in [0.717, 1.165) is 6.54 Å². The van der Waals surface area contributed by atoms with Gasteiger partial charge < -0.3 is 5.32 Å². The molecule has 0 aliphatic heterocycles. The topological polar surface area (TPSA) is 12.0 Å². The molecule has 14 heavy (non-hydrogen) atoms. The first kappa shape index (κ1) is 12.0. The van der Waals surface area contributed by atoms with Gasteiger partial charge >= 0.3 is 0 Å². The van der Waals surface area contributed by atoms with Crippen molar-refractivity contribution in [2.75, 3.05) is 6.54 Å². The minimum atomic E-state index is 0.384. The number of hydrogen-bond acceptors (Lipinski definition) is 1. The van der Waals surface area contributed by atoms with Crippen LogP contribution in [0.25, 0.3) is 0 Å². The molecule has 1 aliphatic carbocycles. The second kappa shape index (κ2) is 4.22. The van der Waals surface area contributed by atoms with Gasteiger partial charge in [-0.25, -0.2) is 0 Å². The summed E-state index contributed by atoms with van der Waals surface area (Å²) < 4.78 is 0. The minimum Gasteiger partial charge on any atom is -0.313 e. The zero-order valence-corrected chi connectivity index (χ0v) is 10.6. The third-order valence-electron chi connectivity index (χ3n) is 3.72. The molecular weight excluding hydrogens is 170 g/mol. The Labute approximate surface area is 89.7 Å². The van der Waals surface area contributed by atoms with Crippen LogP contribution in [0.4, 0.5) is 0 Å². The van der Waals surface area contributed by atoms with Gasteiger partial charge in [0, 0.05) is 6.04 Å². The van der Waals surface area contributed by atoms with Gasteiger partial charge in [-0.3, -0.25) is 0 Å². The monoisotopic (exact) mass is 197 g/mol. The van der Waals surface area contributed by atoms with Crippen molar-refractivity contribution in [2.24, 2.45) is 10.8 Å². The van der Waals surface area contributed by atoms with Crippen molar-refractivity contribution < 1.29 is 0 Å². The first-order chi connectivity index (χ1) is 6.40. The quantitative estimate of drug-likeness (QED) is 0.729.